The molecule has 0 atom stereocenters. The van der Waals surface area contributed by atoms with E-state index in [1.54, 1.807) is 0 Å². The predicted molar refractivity (Wildman–Crippen MR) is 63.3 cm³/mol. The van der Waals surface area contributed by atoms with E-state index in [1.165, 1.54) is 18.4 Å². The summed E-state index contributed by atoms with van der Waals surface area (Å²) in [5.41, 5.74) is 1.27. The summed E-state index contributed by atoms with van der Waals surface area (Å²) < 4.78 is 0. The van der Waals surface area contributed by atoms with Gasteiger partial charge in [0.05, 0.1) is 0 Å². The van der Waals surface area contributed by atoms with E-state index < -0.39 is 0 Å². The first-order chi connectivity index (χ1) is 6.93. The first-order valence-electron chi connectivity index (χ1n) is 5.36. The molecule has 84 valence electrons. The third-order valence-electron chi connectivity index (χ3n) is 2.08. The Morgan fingerprint density at radius 2 is 1.93 bits per heavy atom. The van der Waals surface area contributed by atoms with E-state index in [0.717, 1.165) is 13.1 Å². The predicted octanol–water partition coefficient (Wildman–Crippen LogP) is 0.0935. The van der Waals surface area contributed by atoms with Crippen LogP contribution >= 0.6 is 0 Å². The third-order valence-corrected chi connectivity index (χ3v) is 2.08. The lowest BCUT2D eigenvalue weighted by atomic mass is 10.2. The molecule has 0 aliphatic heterocycles. The van der Waals surface area contributed by atoms with Crippen molar-refractivity contribution in [2.45, 2.75) is 19.8 Å². The normalized spacial score (nSPS) is 10.2. The van der Waals surface area contributed by atoms with Crippen molar-refractivity contribution in [1.82, 2.24) is 5.32 Å². The second-order valence-electron chi connectivity index (χ2n) is 3.37. The van der Waals surface area contributed by atoms with Crippen molar-refractivity contribution in [1.29, 1.82) is 0 Å². The topological polar surface area (TPSA) is 12.0 Å². The van der Waals surface area contributed by atoms with Gasteiger partial charge in [0.25, 0.3) is 0 Å². The second-order valence-corrected chi connectivity index (χ2v) is 3.37. The van der Waals surface area contributed by atoms with Crippen molar-refractivity contribution in [2.75, 3.05) is 13.1 Å². The molecule has 1 nitrogen and oxygen atoms in total. The van der Waals surface area contributed by atoms with Gasteiger partial charge in [0.15, 0.2) is 0 Å². The maximum atomic E-state index is 3.37. The van der Waals surface area contributed by atoms with Gasteiger partial charge in [-0.05, 0) is 18.5 Å². The lowest BCUT2D eigenvalue weighted by Gasteiger charge is -1.98. The van der Waals surface area contributed by atoms with Crippen LogP contribution in [0.3, 0.4) is 0 Å². The summed E-state index contributed by atoms with van der Waals surface area (Å²) in [6, 6.07) is 10.4. The van der Waals surface area contributed by atoms with Crippen LogP contribution in [0, 0.1) is 0 Å². The molecule has 2 heteroatoms. The van der Waals surface area contributed by atoms with Crippen LogP contribution < -0.4 is 17.7 Å². The zero-order chi connectivity index (χ0) is 10.1. The Morgan fingerprint density at radius 3 is 2.60 bits per heavy atom. The summed E-state index contributed by atoms with van der Waals surface area (Å²) in [5.74, 6) is 0. The zero-order valence-electron chi connectivity index (χ0n) is 9.25. The zero-order valence-corrected chi connectivity index (χ0v) is 10.0. The quantitative estimate of drug-likeness (QED) is 0.676. The van der Waals surface area contributed by atoms with E-state index in [2.05, 4.69) is 48.7 Å². The van der Waals surface area contributed by atoms with Crippen LogP contribution in [0.4, 0.5) is 0 Å². The van der Waals surface area contributed by atoms with Crippen LogP contribution in [-0.4, -0.2) is 13.1 Å². The fraction of sp³-hybridized carbons (Fsp3) is 0.385. The fourth-order valence-electron chi connectivity index (χ4n) is 1.25. The Hall–Kier alpha value is -0.790. The Bertz CT molecular complexity index is 256. The van der Waals surface area contributed by atoms with Gasteiger partial charge in [-0.2, -0.15) is 0 Å². The van der Waals surface area contributed by atoms with E-state index in [9.17, 15) is 0 Å². The number of unbranched alkanes of at least 4 members (excludes halogenated alkanes) is 1. The Labute approximate surface area is 99.0 Å². The SMILES string of the molecule is CCCCNC/C=C/c1ccccc1.[Cl-]. The number of halogens is 1. The van der Waals surface area contributed by atoms with Gasteiger partial charge in [0.1, 0.15) is 0 Å². The van der Waals surface area contributed by atoms with Gasteiger partial charge in [0.2, 0.25) is 0 Å². The smallest absolute Gasteiger partial charge is 0.0138 e. The summed E-state index contributed by atoms with van der Waals surface area (Å²) in [6.45, 7) is 4.30. The van der Waals surface area contributed by atoms with Crippen molar-refractivity contribution in [3.8, 4) is 0 Å². The average molecular weight is 225 g/mol. The Kier molecular flexibility index (Phi) is 9.24. The number of hydrogen-bond donors (Lipinski definition) is 1. The van der Waals surface area contributed by atoms with Gasteiger partial charge in [-0.15, -0.1) is 0 Å². The van der Waals surface area contributed by atoms with Crippen molar-refractivity contribution >= 4 is 6.08 Å². The molecule has 0 radical (unpaired) electrons. The Morgan fingerprint density at radius 1 is 1.20 bits per heavy atom. The molecule has 0 fully saturated rings. The van der Waals surface area contributed by atoms with Crippen LogP contribution in [0.25, 0.3) is 6.08 Å². The molecule has 0 spiro atoms. The fourth-order valence-corrected chi connectivity index (χ4v) is 1.25. The van der Waals surface area contributed by atoms with E-state index in [0.29, 0.717) is 0 Å². The minimum absolute atomic E-state index is 0. The lowest BCUT2D eigenvalue weighted by molar-refractivity contribution is -0.00000293. The summed E-state index contributed by atoms with van der Waals surface area (Å²) in [5, 5.41) is 3.37. The largest absolute Gasteiger partial charge is 1.00 e. The average Bonchev–Trinajstić information content (AvgIpc) is 2.25. The van der Waals surface area contributed by atoms with Gasteiger partial charge in [-0.1, -0.05) is 55.8 Å². The highest BCUT2D eigenvalue weighted by Crippen LogP contribution is 1.99. The molecule has 0 aliphatic carbocycles. The molecule has 0 aromatic heterocycles. The summed E-state index contributed by atoms with van der Waals surface area (Å²) in [4.78, 5) is 0. The number of hydrogen-bond acceptors (Lipinski definition) is 1. The molecular weight excluding hydrogens is 206 g/mol. The van der Waals surface area contributed by atoms with E-state index >= 15 is 0 Å². The van der Waals surface area contributed by atoms with E-state index in [1.807, 2.05) is 6.07 Å². The highest BCUT2D eigenvalue weighted by Gasteiger charge is 1.83. The molecule has 1 rings (SSSR count). The first kappa shape index (κ1) is 14.2. The van der Waals surface area contributed by atoms with Gasteiger partial charge < -0.3 is 17.7 Å². The molecule has 1 N–H and O–H groups in total. The summed E-state index contributed by atoms with van der Waals surface area (Å²) >= 11 is 0. The van der Waals surface area contributed by atoms with Crippen LogP contribution in [0.5, 0.6) is 0 Å². The van der Waals surface area contributed by atoms with Crippen molar-refractivity contribution in [3.63, 3.8) is 0 Å². The maximum Gasteiger partial charge on any atom is 0.0138 e. The Balaban J connectivity index is 0.00000196. The van der Waals surface area contributed by atoms with E-state index in [4.69, 9.17) is 0 Å². The van der Waals surface area contributed by atoms with Gasteiger partial charge in [0, 0.05) is 6.54 Å². The molecule has 0 bridgehead atoms. The minimum Gasteiger partial charge on any atom is -1.00 e. The summed E-state index contributed by atoms with van der Waals surface area (Å²) in [7, 11) is 0. The molecular formula is C13H19ClN-. The van der Waals surface area contributed by atoms with Crippen molar-refractivity contribution in [3.05, 3.63) is 42.0 Å². The van der Waals surface area contributed by atoms with Gasteiger partial charge in [-0.3, -0.25) is 0 Å². The standard InChI is InChI=1S/C13H19N.ClH/c1-2-3-11-14-12-7-10-13-8-5-4-6-9-13;/h4-10,14H,2-3,11-12H2,1H3;1H/p-1/b10-7+;. The highest BCUT2D eigenvalue weighted by atomic mass is 35.5. The van der Waals surface area contributed by atoms with Crippen molar-refractivity contribution < 1.29 is 12.4 Å². The van der Waals surface area contributed by atoms with Crippen LogP contribution in [0.1, 0.15) is 25.3 Å². The summed E-state index contributed by atoms with van der Waals surface area (Å²) in [6.07, 6.45) is 6.85. The highest BCUT2D eigenvalue weighted by molar-refractivity contribution is 5.48. The van der Waals surface area contributed by atoms with Crippen LogP contribution in [0.15, 0.2) is 36.4 Å². The second kappa shape index (κ2) is 9.75. The maximum absolute atomic E-state index is 3.37. The number of nitrogens with one attached hydrogen (secondary N) is 1. The number of benzene rings is 1. The third kappa shape index (κ3) is 7.18. The monoisotopic (exact) mass is 224 g/mol. The molecule has 0 unspecified atom stereocenters. The molecule has 0 saturated heterocycles. The molecule has 15 heavy (non-hydrogen) atoms. The van der Waals surface area contributed by atoms with Crippen LogP contribution in [0.2, 0.25) is 0 Å². The molecule has 0 aliphatic rings. The minimum atomic E-state index is 0. The molecule has 0 heterocycles. The molecule has 0 amide bonds. The van der Waals surface area contributed by atoms with Gasteiger partial charge >= 0.3 is 0 Å². The first-order valence-corrected chi connectivity index (χ1v) is 5.36. The lowest BCUT2D eigenvalue weighted by Crippen LogP contribution is -3.00. The number of rotatable bonds is 6. The molecule has 1 aromatic carbocycles. The molecule has 0 saturated carbocycles. The van der Waals surface area contributed by atoms with Crippen LogP contribution in [-0.2, 0) is 0 Å². The van der Waals surface area contributed by atoms with Gasteiger partial charge in [-0.25, -0.2) is 0 Å². The van der Waals surface area contributed by atoms with E-state index in [-0.39, 0.29) is 12.4 Å². The van der Waals surface area contributed by atoms with Crippen molar-refractivity contribution in [2.24, 2.45) is 0 Å². The molecule has 1 aromatic rings.